The van der Waals surface area contributed by atoms with Gasteiger partial charge in [-0.25, -0.2) is 9.97 Å². The number of aliphatic hydroxyl groups is 1. The predicted molar refractivity (Wildman–Crippen MR) is 60.4 cm³/mol. The van der Waals surface area contributed by atoms with E-state index in [1.54, 1.807) is 13.3 Å². The van der Waals surface area contributed by atoms with Gasteiger partial charge < -0.3 is 15.2 Å². The molecule has 2 atom stereocenters. The molecule has 0 amide bonds. The summed E-state index contributed by atoms with van der Waals surface area (Å²) in [5, 5.41) is 12.2. The highest BCUT2D eigenvalue weighted by atomic mass is 16.5. The second-order valence-corrected chi connectivity index (χ2v) is 4.12. The Balaban J connectivity index is 2.01. The van der Waals surface area contributed by atoms with E-state index in [4.69, 9.17) is 9.84 Å². The molecular formula is C11H17N3O2. The Morgan fingerprint density at radius 2 is 2.50 bits per heavy atom. The zero-order chi connectivity index (χ0) is 11.4. The van der Waals surface area contributed by atoms with Crippen LogP contribution in [0.2, 0.25) is 0 Å². The summed E-state index contributed by atoms with van der Waals surface area (Å²) < 4.78 is 5.33. The third-order valence-corrected chi connectivity index (χ3v) is 2.61. The summed E-state index contributed by atoms with van der Waals surface area (Å²) in [6.45, 7) is 3.79. The van der Waals surface area contributed by atoms with E-state index < -0.39 is 0 Å². The van der Waals surface area contributed by atoms with Crippen molar-refractivity contribution in [2.45, 2.75) is 25.4 Å². The fraction of sp³-hybridized carbons (Fsp3) is 0.636. The third-order valence-electron chi connectivity index (χ3n) is 2.61. The number of hydrogen-bond acceptors (Lipinski definition) is 5. The summed E-state index contributed by atoms with van der Waals surface area (Å²) in [4.78, 5) is 8.36. The fourth-order valence-electron chi connectivity index (χ4n) is 1.71. The Kier molecular flexibility index (Phi) is 3.69. The third kappa shape index (κ3) is 2.90. The first-order chi connectivity index (χ1) is 7.75. The number of aliphatic hydroxyl groups excluding tert-OH is 1. The van der Waals surface area contributed by atoms with Crippen molar-refractivity contribution in [3.8, 4) is 0 Å². The van der Waals surface area contributed by atoms with Gasteiger partial charge in [-0.05, 0) is 13.3 Å². The molecule has 0 aliphatic carbocycles. The van der Waals surface area contributed by atoms with Crippen LogP contribution in [0.3, 0.4) is 0 Å². The van der Waals surface area contributed by atoms with Crippen LogP contribution in [0.25, 0.3) is 0 Å². The molecule has 88 valence electrons. The van der Waals surface area contributed by atoms with Crippen molar-refractivity contribution < 1.29 is 9.84 Å². The van der Waals surface area contributed by atoms with Gasteiger partial charge in [0.2, 0.25) is 0 Å². The number of nitrogens with one attached hydrogen (secondary N) is 1. The molecule has 2 unspecified atom stereocenters. The average Bonchev–Trinajstić information content (AvgIpc) is 2.80. The van der Waals surface area contributed by atoms with E-state index in [1.165, 1.54) is 0 Å². The molecule has 1 fully saturated rings. The summed E-state index contributed by atoms with van der Waals surface area (Å²) in [6, 6.07) is 1.93. The molecule has 16 heavy (non-hydrogen) atoms. The first-order valence-electron chi connectivity index (χ1n) is 5.57. The van der Waals surface area contributed by atoms with Gasteiger partial charge in [-0.1, -0.05) is 0 Å². The Labute approximate surface area is 94.9 Å². The molecule has 2 heterocycles. The van der Waals surface area contributed by atoms with Crippen LogP contribution in [0.1, 0.15) is 25.0 Å². The van der Waals surface area contributed by atoms with Crippen LogP contribution in [-0.4, -0.2) is 40.9 Å². The van der Waals surface area contributed by atoms with Gasteiger partial charge in [0, 0.05) is 25.1 Å². The lowest BCUT2D eigenvalue weighted by Crippen LogP contribution is -2.16. The molecular weight excluding hydrogens is 206 g/mol. The Morgan fingerprint density at radius 1 is 1.62 bits per heavy atom. The van der Waals surface area contributed by atoms with Crippen molar-refractivity contribution in [2.75, 3.05) is 25.1 Å². The summed E-state index contributed by atoms with van der Waals surface area (Å²) >= 11 is 0. The van der Waals surface area contributed by atoms with Crippen LogP contribution in [0, 0.1) is 0 Å². The summed E-state index contributed by atoms with van der Waals surface area (Å²) in [5.41, 5.74) is 1.01. The molecule has 1 aliphatic rings. The maximum Gasteiger partial charge on any atom is 0.129 e. The van der Waals surface area contributed by atoms with E-state index in [0.29, 0.717) is 12.5 Å². The standard InChI is InChI=1S/C11H17N3O2/c1-8(15)5-12-11-4-10(13-7-14-11)9-2-3-16-6-9/h4,7-9,15H,2-3,5-6H2,1H3,(H,12,13,14). The monoisotopic (exact) mass is 223 g/mol. The van der Waals surface area contributed by atoms with Crippen molar-refractivity contribution in [1.82, 2.24) is 9.97 Å². The smallest absolute Gasteiger partial charge is 0.129 e. The van der Waals surface area contributed by atoms with Crippen LogP contribution >= 0.6 is 0 Å². The normalized spacial score (nSPS) is 22.0. The quantitative estimate of drug-likeness (QED) is 0.789. The molecule has 1 aliphatic heterocycles. The molecule has 0 bridgehead atoms. The lowest BCUT2D eigenvalue weighted by molar-refractivity contribution is 0.193. The van der Waals surface area contributed by atoms with Gasteiger partial charge in [0.05, 0.1) is 18.4 Å². The number of nitrogens with zero attached hydrogens (tertiary/aromatic N) is 2. The zero-order valence-electron chi connectivity index (χ0n) is 9.39. The van der Waals surface area contributed by atoms with Crippen molar-refractivity contribution in [3.63, 3.8) is 0 Å². The summed E-state index contributed by atoms with van der Waals surface area (Å²) in [6.07, 6.45) is 2.19. The SMILES string of the molecule is CC(O)CNc1cc(C2CCOC2)ncn1. The predicted octanol–water partition coefficient (Wildman–Crippen LogP) is 0.773. The molecule has 0 spiro atoms. The first-order valence-corrected chi connectivity index (χ1v) is 5.57. The Bertz CT molecular complexity index is 338. The van der Waals surface area contributed by atoms with Crippen molar-refractivity contribution in [1.29, 1.82) is 0 Å². The molecule has 0 saturated carbocycles. The minimum atomic E-state index is -0.381. The Hall–Kier alpha value is -1.20. The zero-order valence-corrected chi connectivity index (χ0v) is 9.39. The highest BCUT2D eigenvalue weighted by Gasteiger charge is 2.19. The van der Waals surface area contributed by atoms with E-state index >= 15 is 0 Å². The maximum absolute atomic E-state index is 9.17. The number of ether oxygens (including phenoxy) is 1. The summed E-state index contributed by atoms with van der Waals surface area (Å²) in [7, 11) is 0. The lowest BCUT2D eigenvalue weighted by atomic mass is 10.1. The molecule has 1 aromatic rings. The molecule has 5 nitrogen and oxygen atoms in total. The van der Waals surface area contributed by atoms with Gasteiger partial charge in [-0.15, -0.1) is 0 Å². The highest BCUT2D eigenvalue weighted by Crippen LogP contribution is 2.24. The van der Waals surface area contributed by atoms with E-state index in [9.17, 15) is 0 Å². The molecule has 2 rings (SSSR count). The largest absolute Gasteiger partial charge is 0.392 e. The van der Waals surface area contributed by atoms with E-state index in [1.807, 2.05) is 6.07 Å². The number of anilines is 1. The Morgan fingerprint density at radius 3 is 3.19 bits per heavy atom. The van der Waals surface area contributed by atoms with E-state index in [2.05, 4.69) is 15.3 Å². The number of hydrogen-bond donors (Lipinski definition) is 2. The first kappa shape index (κ1) is 11.3. The van der Waals surface area contributed by atoms with Crippen LogP contribution in [0.5, 0.6) is 0 Å². The van der Waals surface area contributed by atoms with E-state index in [-0.39, 0.29) is 6.10 Å². The molecule has 2 N–H and O–H groups in total. The van der Waals surface area contributed by atoms with Crippen molar-refractivity contribution >= 4 is 5.82 Å². The van der Waals surface area contributed by atoms with Crippen LogP contribution in [0.4, 0.5) is 5.82 Å². The average molecular weight is 223 g/mol. The maximum atomic E-state index is 9.17. The second kappa shape index (κ2) is 5.23. The molecule has 0 radical (unpaired) electrons. The second-order valence-electron chi connectivity index (χ2n) is 4.12. The number of rotatable bonds is 4. The van der Waals surface area contributed by atoms with Gasteiger partial charge in [0.1, 0.15) is 12.1 Å². The molecule has 1 aromatic heterocycles. The molecule has 0 aromatic carbocycles. The van der Waals surface area contributed by atoms with Gasteiger partial charge in [-0.2, -0.15) is 0 Å². The minimum Gasteiger partial charge on any atom is -0.392 e. The molecule has 5 heteroatoms. The van der Waals surface area contributed by atoms with Crippen LogP contribution in [-0.2, 0) is 4.74 Å². The van der Waals surface area contributed by atoms with Crippen molar-refractivity contribution in [3.05, 3.63) is 18.1 Å². The minimum absolute atomic E-state index is 0.381. The number of aromatic nitrogens is 2. The van der Waals surface area contributed by atoms with Gasteiger partial charge in [-0.3, -0.25) is 0 Å². The summed E-state index contributed by atoms with van der Waals surface area (Å²) in [5.74, 6) is 1.15. The van der Waals surface area contributed by atoms with Gasteiger partial charge in [0.25, 0.3) is 0 Å². The van der Waals surface area contributed by atoms with Crippen LogP contribution < -0.4 is 5.32 Å². The van der Waals surface area contributed by atoms with Gasteiger partial charge >= 0.3 is 0 Å². The van der Waals surface area contributed by atoms with Crippen molar-refractivity contribution in [2.24, 2.45) is 0 Å². The van der Waals surface area contributed by atoms with E-state index in [0.717, 1.165) is 31.1 Å². The molecule has 1 saturated heterocycles. The lowest BCUT2D eigenvalue weighted by Gasteiger charge is -2.10. The topological polar surface area (TPSA) is 67.3 Å². The van der Waals surface area contributed by atoms with Gasteiger partial charge in [0.15, 0.2) is 0 Å². The fourth-order valence-corrected chi connectivity index (χ4v) is 1.71. The van der Waals surface area contributed by atoms with Crippen LogP contribution in [0.15, 0.2) is 12.4 Å². The highest BCUT2D eigenvalue weighted by molar-refractivity contribution is 5.36.